The lowest BCUT2D eigenvalue weighted by molar-refractivity contribution is -0.131. The number of piperidine rings is 1. The van der Waals surface area contributed by atoms with Crippen LogP contribution in [0.3, 0.4) is 0 Å². The van der Waals surface area contributed by atoms with Crippen LogP contribution in [0.25, 0.3) is 11.0 Å². The summed E-state index contributed by atoms with van der Waals surface area (Å²) in [6, 6.07) is 15.8. The van der Waals surface area contributed by atoms with Crippen molar-refractivity contribution in [3.63, 3.8) is 0 Å². The van der Waals surface area contributed by atoms with Crippen molar-refractivity contribution in [2.75, 3.05) is 31.3 Å². The molecular weight excluding hydrogens is 424 g/mol. The highest BCUT2D eigenvalue weighted by atomic mass is 32.2. The highest BCUT2D eigenvalue weighted by molar-refractivity contribution is 7.89. The van der Waals surface area contributed by atoms with Crippen molar-refractivity contribution in [1.29, 1.82) is 0 Å². The van der Waals surface area contributed by atoms with Crippen molar-refractivity contribution < 1.29 is 13.2 Å². The van der Waals surface area contributed by atoms with Crippen LogP contribution < -0.4 is 4.90 Å². The molecule has 3 aromatic rings. The third-order valence-corrected chi connectivity index (χ3v) is 6.70. The van der Waals surface area contributed by atoms with Crippen LogP contribution in [0.2, 0.25) is 0 Å². The van der Waals surface area contributed by atoms with Crippen molar-refractivity contribution in [3.8, 4) is 0 Å². The summed E-state index contributed by atoms with van der Waals surface area (Å²) in [6.45, 7) is 2.75. The standard InChI is InChI=1S/C24H30N4O3S/c1-26(16-19-10-12-20(13-11-19)27-14-6-3-7-15-27)24(29)17-28-22-9-5-4-8-21(22)25-23(28)18-32(2,30)31/h4-5,8-13H,3,6-7,14-18H2,1-2H3. The average Bonchev–Trinajstić information content (AvgIpc) is 3.10. The predicted octanol–water partition coefficient (Wildman–Crippen LogP) is 3.23. The number of hydrogen-bond donors (Lipinski definition) is 0. The second kappa shape index (κ2) is 9.32. The maximum Gasteiger partial charge on any atom is 0.242 e. The Balaban J connectivity index is 1.47. The number of aromatic nitrogens is 2. The van der Waals surface area contributed by atoms with Crippen LogP contribution >= 0.6 is 0 Å². The van der Waals surface area contributed by atoms with Gasteiger partial charge in [-0.2, -0.15) is 0 Å². The van der Waals surface area contributed by atoms with Crippen LogP contribution in [-0.2, 0) is 33.5 Å². The van der Waals surface area contributed by atoms with Gasteiger partial charge in [0.2, 0.25) is 5.91 Å². The van der Waals surface area contributed by atoms with E-state index in [-0.39, 0.29) is 18.2 Å². The molecule has 1 aliphatic rings. The summed E-state index contributed by atoms with van der Waals surface area (Å²) in [4.78, 5) is 21.6. The largest absolute Gasteiger partial charge is 0.372 e. The number of para-hydroxylation sites is 2. The van der Waals surface area contributed by atoms with Gasteiger partial charge in [-0.05, 0) is 49.1 Å². The van der Waals surface area contributed by atoms with E-state index in [1.807, 2.05) is 24.3 Å². The summed E-state index contributed by atoms with van der Waals surface area (Å²) in [5, 5.41) is 0. The van der Waals surface area contributed by atoms with Crippen LogP contribution in [-0.4, -0.2) is 55.2 Å². The number of amides is 1. The number of nitrogens with zero attached hydrogens (tertiary/aromatic N) is 4. The quantitative estimate of drug-likeness (QED) is 0.548. The van der Waals surface area contributed by atoms with E-state index in [1.54, 1.807) is 16.5 Å². The summed E-state index contributed by atoms with van der Waals surface area (Å²) in [5.41, 5.74) is 3.75. The lowest BCUT2D eigenvalue weighted by atomic mass is 10.1. The zero-order valence-corrected chi connectivity index (χ0v) is 19.5. The molecule has 2 aromatic carbocycles. The highest BCUT2D eigenvalue weighted by Gasteiger charge is 2.19. The summed E-state index contributed by atoms with van der Waals surface area (Å²) < 4.78 is 25.5. The lowest BCUT2D eigenvalue weighted by Gasteiger charge is -2.29. The summed E-state index contributed by atoms with van der Waals surface area (Å²) >= 11 is 0. The molecule has 0 saturated carbocycles. The van der Waals surface area contributed by atoms with Crippen LogP contribution in [0.5, 0.6) is 0 Å². The van der Waals surface area contributed by atoms with E-state index >= 15 is 0 Å². The minimum atomic E-state index is -3.28. The third-order valence-electron chi connectivity index (χ3n) is 5.92. The predicted molar refractivity (Wildman–Crippen MR) is 127 cm³/mol. The normalized spacial score (nSPS) is 14.6. The topological polar surface area (TPSA) is 75.5 Å². The lowest BCUT2D eigenvalue weighted by Crippen LogP contribution is -2.31. The Labute approximate surface area is 189 Å². The van der Waals surface area contributed by atoms with Gasteiger partial charge in [0.1, 0.15) is 18.1 Å². The van der Waals surface area contributed by atoms with Gasteiger partial charge in [-0.15, -0.1) is 0 Å². The Kier molecular flexibility index (Phi) is 6.50. The molecule has 0 unspecified atom stereocenters. The summed E-state index contributed by atoms with van der Waals surface area (Å²) in [6.07, 6.45) is 4.96. The van der Waals surface area contributed by atoms with E-state index in [4.69, 9.17) is 0 Å². The fourth-order valence-corrected chi connectivity index (χ4v) is 4.92. The van der Waals surface area contributed by atoms with Crippen molar-refractivity contribution in [2.45, 2.75) is 38.1 Å². The van der Waals surface area contributed by atoms with Crippen molar-refractivity contribution in [2.24, 2.45) is 0 Å². The van der Waals surface area contributed by atoms with Gasteiger partial charge in [0.25, 0.3) is 0 Å². The van der Waals surface area contributed by atoms with Crippen LogP contribution in [0.1, 0.15) is 30.7 Å². The minimum Gasteiger partial charge on any atom is -0.372 e. The van der Waals surface area contributed by atoms with E-state index in [0.717, 1.165) is 24.2 Å². The Morgan fingerprint density at radius 1 is 1.03 bits per heavy atom. The molecule has 1 saturated heterocycles. The Hall–Kier alpha value is -2.87. The van der Waals surface area contributed by atoms with Crippen molar-refractivity contribution in [1.82, 2.24) is 14.5 Å². The number of fused-ring (bicyclic) bond motifs is 1. The molecule has 7 nitrogen and oxygen atoms in total. The molecule has 0 radical (unpaired) electrons. The van der Waals surface area contributed by atoms with E-state index < -0.39 is 9.84 Å². The van der Waals surface area contributed by atoms with Gasteiger partial charge in [-0.3, -0.25) is 4.79 Å². The minimum absolute atomic E-state index is 0.0493. The van der Waals surface area contributed by atoms with Gasteiger partial charge >= 0.3 is 0 Å². The van der Waals surface area contributed by atoms with Gasteiger partial charge in [0.15, 0.2) is 9.84 Å². The molecule has 170 valence electrons. The fraction of sp³-hybridized carbons (Fsp3) is 0.417. The highest BCUT2D eigenvalue weighted by Crippen LogP contribution is 2.21. The summed E-state index contributed by atoms with van der Waals surface area (Å²) in [5.74, 6) is 0.0979. The number of carbonyl (C=O) groups is 1. The van der Waals surface area contributed by atoms with Crippen LogP contribution in [0, 0.1) is 0 Å². The molecule has 1 fully saturated rings. The van der Waals surface area contributed by atoms with Gasteiger partial charge in [-0.25, -0.2) is 13.4 Å². The number of imidazole rings is 1. The second-order valence-corrected chi connectivity index (χ2v) is 10.8. The number of anilines is 1. The molecule has 0 aliphatic carbocycles. The zero-order chi connectivity index (χ0) is 22.7. The first kappa shape index (κ1) is 22.3. The molecule has 0 bridgehead atoms. The molecule has 2 heterocycles. The Morgan fingerprint density at radius 3 is 2.41 bits per heavy atom. The van der Waals surface area contributed by atoms with E-state index in [2.05, 4.69) is 34.1 Å². The van der Waals surface area contributed by atoms with E-state index in [0.29, 0.717) is 17.9 Å². The molecule has 32 heavy (non-hydrogen) atoms. The first-order valence-electron chi connectivity index (χ1n) is 11.0. The Bertz CT molecular complexity index is 1200. The first-order chi connectivity index (χ1) is 15.3. The van der Waals surface area contributed by atoms with Gasteiger partial charge in [0, 0.05) is 38.6 Å². The molecule has 0 atom stereocenters. The summed E-state index contributed by atoms with van der Waals surface area (Å²) in [7, 11) is -1.50. The van der Waals surface area contributed by atoms with Crippen LogP contribution in [0.15, 0.2) is 48.5 Å². The van der Waals surface area contributed by atoms with Gasteiger partial charge in [-0.1, -0.05) is 24.3 Å². The first-order valence-corrected chi connectivity index (χ1v) is 13.1. The number of rotatable bonds is 7. The monoisotopic (exact) mass is 454 g/mol. The Morgan fingerprint density at radius 2 is 1.72 bits per heavy atom. The average molecular weight is 455 g/mol. The molecule has 1 aliphatic heterocycles. The fourth-order valence-electron chi connectivity index (χ4n) is 4.23. The SMILES string of the molecule is CN(Cc1ccc(N2CCCCC2)cc1)C(=O)Cn1c(CS(C)(=O)=O)nc2ccccc21. The maximum absolute atomic E-state index is 13.0. The zero-order valence-electron chi connectivity index (χ0n) is 18.7. The van der Waals surface area contributed by atoms with Gasteiger partial charge < -0.3 is 14.4 Å². The third kappa shape index (κ3) is 5.30. The maximum atomic E-state index is 13.0. The molecule has 1 amide bonds. The molecule has 1 aromatic heterocycles. The molecule has 8 heteroatoms. The number of hydrogen-bond acceptors (Lipinski definition) is 5. The molecule has 4 rings (SSSR count). The van der Waals surface area contributed by atoms with E-state index in [9.17, 15) is 13.2 Å². The number of sulfone groups is 1. The smallest absolute Gasteiger partial charge is 0.242 e. The molecule has 0 spiro atoms. The number of carbonyl (C=O) groups excluding carboxylic acids is 1. The second-order valence-electron chi connectivity index (χ2n) is 8.64. The van der Waals surface area contributed by atoms with Crippen LogP contribution in [0.4, 0.5) is 5.69 Å². The number of likely N-dealkylation sites (N-methyl/N-ethyl adjacent to an activating group) is 1. The number of benzene rings is 2. The van der Waals surface area contributed by atoms with Crippen molar-refractivity contribution in [3.05, 3.63) is 59.9 Å². The molecular formula is C24H30N4O3S. The molecule has 0 N–H and O–H groups in total. The van der Waals surface area contributed by atoms with E-state index in [1.165, 1.54) is 31.2 Å². The van der Waals surface area contributed by atoms with Gasteiger partial charge in [0.05, 0.1) is 11.0 Å². The van der Waals surface area contributed by atoms with Crippen molar-refractivity contribution >= 4 is 32.5 Å².